The summed E-state index contributed by atoms with van der Waals surface area (Å²) in [6, 6.07) is 0.466. The van der Waals surface area contributed by atoms with E-state index in [-0.39, 0.29) is 12.5 Å². The maximum atomic E-state index is 11.4. The van der Waals surface area contributed by atoms with Crippen LogP contribution < -0.4 is 0 Å². The highest BCUT2D eigenvalue weighted by Gasteiger charge is 2.33. The fourth-order valence-corrected chi connectivity index (χ4v) is 2.79. The second kappa shape index (κ2) is 5.69. The zero-order valence-corrected chi connectivity index (χ0v) is 11.0. The molecule has 1 amide bonds. The Morgan fingerprint density at radius 1 is 1.33 bits per heavy atom. The number of nitrogens with zero attached hydrogens (tertiary/aromatic N) is 2. The molecule has 2 rings (SSSR count). The summed E-state index contributed by atoms with van der Waals surface area (Å²) in [6.07, 6.45) is 4.38. The van der Waals surface area contributed by atoms with Gasteiger partial charge in [-0.3, -0.25) is 14.5 Å². The zero-order valence-electron chi connectivity index (χ0n) is 11.0. The van der Waals surface area contributed by atoms with Gasteiger partial charge in [-0.2, -0.15) is 0 Å². The third-order valence-corrected chi connectivity index (χ3v) is 3.86. The highest BCUT2D eigenvalue weighted by atomic mass is 16.4. The Balaban J connectivity index is 1.86. The molecule has 5 heteroatoms. The molecule has 102 valence electrons. The summed E-state index contributed by atoms with van der Waals surface area (Å²) in [5, 5.41) is 8.92. The molecule has 0 aromatic heterocycles. The lowest BCUT2D eigenvalue weighted by atomic mass is 9.97. The predicted octanol–water partition coefficient (Wildman–Crippen LogP) is 0.794. The van der Waals surface area contributed by atoms with Crippen LogP contribution in [0.5, 0.6) is 0 Å². The van der Waals surface area contributed by atoms with E-state index in [9.17, 15) is 9.59 Å². The number of piperidine rings is 1. The zero-order chi connectivity index (χ0) is 13.1. The first-order valence-corrected chi connectivity index (χ1v) is 6.77. The van der Waals surface area contributed by atoms with Crippen LogP contribution in [0.4, 0.5) is 0 Å². The lowest BCUT2D eigenvalue weighted by Crippen LogP contribution is -2.44. The number of aliphatic carboxylic acids is 1. The molecule has 0 bridgehead atoms. The Kier molecular flexibility index (Phi) is 4.22. The van der Waals surface area contributed by atoms with Gasteiger partial charge in [-0.05, 0) is 31.6 Å². The number of carboxylic acids is 1. The maximum absolute atomic E-state index is 11.4. The lowest BCUT2D eigenvalue weighted by Gasteiger charge is -2.35. The molecule has 1 unspecified atom stereocenters. The van der Waals surface area contributed by atoms with E-state index in [0.29, 0.717) is 12.0 Å². The van der Waals surface area contributed by atoms with Crippen molar-refractivity contribution in [1.29, 1.82) is 0 Å². The molecule has 2 aliphatic rings. The summed E-state index contributed by atoms with van der Waals surface area (Å²) in [5.41, 5.74) is 0. The van der Waals surface area contributed by atoms with Crippen LogP contribution >= 0.6 is 0 Å². The normalized spacial score (nSPS) is 24.3. The highest BCUT2D eigenvalue weighted by Crippen LogP contribution is 2.29. The van der Waals surface area contributed by atoms with Gasteiger partial charge in [0, 0.05) is 32.6 Å². The van der Waals surface area contributed by atoms with Crippen molar-refractivity contribution >= 4 is 11.9 Å². The van der Waals surface area contributed by atoms with Crippen LogP contribution in [0.3, 0.4) is 0 Å². The molecule has 1 N–H and O–H groups in total. The number of hydrogen-bond donors (Lipinski definition) is 1. The number of carbonyl (C=O) groups is 2. The van der Waals surface area contributed by atoms with E-state index in [1.165, 1.54) is 0 Å². The summed E-state index contributed by atoms with van der Waals surface area (Å²) in [4.78, 5) is 26.2. The summed E-state index contributed by atoms with van der Waals surface area (Å²) in [6.45, 7) is 4.21. The first-order valence-electron chi connectivity index (χ1n) is 6.77. The molecular formula is C13H22N2O3. The quantitative estimate of drug-likeness (QED) is 0.788. The van der Waals surface area contributed by atoms with Crippen molar-refractivity contribution in [3.05, 3.63) is 0 Å². The molecule has 0 aromatic carbocycles. The molecule has 1 heterocycles. The molecule has 1 saturated heterocycles. The number of likely N-dealkylation sites (tertiary alicyclic amines) is 1. The SMILES string of the molecule is CC(=O)N1CCCC(CN(CC(=O)O)C2CC2)C1. The van der Waals surface area contributed by atoms with Crippen molar-refractivity contribution in [2.24, 2.45) is 5.92 Å². The van der Waals surface area contributed by atoms with Crippen molar-refractivity contribution in [2.75, 3.05) is 26.2 Å². The number of hydrogen-bond acceptors (Lipinski definition) is 3. The van der Waals surface area contributed by atoms with E-state index < -0.39 is 5.97 Å². The summed E-state index contributed by atoms with van der Waals surface area (Å²) in [5.74, 6) is -0.181. The van der Waals surface area contributed by atoms with Crippen LogP contribution in [-0.4, -0.2) is 59.0 Å². The molecule has 0 spiro atoms. The van der Waals surface area contributed by atoms with Crippen LogP contribution in [0, 0.1) is 5.92 Å². The largest absolute Gasteiger partial charge is 0.480 e. The maximum Gasteiger partial charge on any atom is 0.317 e. The molecule has 1 saturated carbocycles. The number of rotatable bonds is 5. The number of carbonyl (C=O) groups excluding carboxylic acids is 1. The highest BCUT2D eigenvalue weighted by molar-refractivity contribution is 5.73. The molecule has 0 aromatic rings. The van der Waals surface area contributed by atoms with Gasteiger partial charge in [-0.25, -0.2) is 0 Å². The van der Waals surface area contributed by atoms with E-state index >= 15 is 0 Å². The molecule has 5 nitrogen and oxygen atoms in total. The molecule has 0 radical (unpaired) electrons. The molecule has 1 atom stereocenters. The van der Waals surface area contributed by atoms with Gasteiger partial charge in [0.15, 0.2) is 0 Å². The van der Waals surface area contributed by atoms with Crippen molar-refractivity contribution < 1.29 is 14.7 Å². The average molecular weight is 254 g/mol. The van der Waals surface area contributed by atoms with Crippen molar-refractivity contribution in [1.82, 2.24) is 9.80 Å². The van der Waals surface area contributed by atoms with E-state index in [0.717, 1.165) is 45.3 Å². The van der Waals surface area contributed by atoms with E-state index in [4.69, 9.17) is 5.11 Å². The standard InChI is InChI=1S/C13H22N2O3/c1-10(16)14-6-2-3-11(7-14)8-15(9-13(17)18)12-4-5-12/h11-12H,2-9H2,1H3,(H,17,18). The van der Waals surface area contributed by atoms with Crippen molar-refractivity contribution in [3.63, 3.8) is 0 Å². The van der Waals surface area contributed by atoms with Crippen LogP contribution in [-0.2, 0) is 9.59 Å². The van der Waals surface area contributed by atoms with Crippen LogP contribution in [0.1, 0.15) is 32.6 Å². The second-order valence-electron chi connectivity index (χ2n) is 5.53. The average Bonchev–Trinajstić information content (AvgIpc) is 3.11. The third kappa shape index (κ3) is 3.70. The molecular weight excluding hydrogens is 232 g/mol. The number of carboxylic acid groups (broad SMARTS) is 1. The first-order chi connectivity index (χ1) is 8.56. The first kappa shape index (κ1) is 13.3. The van der Waals surface area contributed by atoms with E-state index in [2.05, 4.69) is 4.90 Å². The lowest BCUT2D eigenvalue weighted by molar-refractivity contribution is -0.139. The Hall–Kier alpha value is -1.10. The Bertz CT molecular complexity index is 328. The Labute approximate surface area is 108 Å². The van der Waals surface area contributed by atoms with Crippen molar-refractivity contribution in [2.45, 2.75) is 38.6 Å². The van der Waals surface area contributed by atoms with Crippen LogP contribution in [0.15, 0.2) is 0 Å². The summed E-state index contributed by atoms with van der Waals surface area (Å²) < 4.78 is 0. The van der Waals surface area contributed by atoms with Gasteiger partial charge in [0.2, 0.25) is 5.91 Å². The van der Waals surface area contributed by atoms with Gasteiger partial charge in [-0.1, -0.05) is 0 Å². The Morgan fingerprint density at radius 2 is 2.06 bits per heavy atom. The van der Waals surface area contributed by atoms with E-state index in [1.807, 2.05) is 4.90 Å². The minimum absolute atomic E-state index is 0.135. The molecule has 1 aliphatic heterocycles. The minimum atomic E-state index is -0.749. The summed E-state index contributed by atoms with van der Waals surface area (Å²) >= 11 is 0. The number of amides is 1. The van der Waals surface area contributed by atoms with Gasteiger partial charge >= 0.3 is 5.97 Å². The van der Waals surface area contributed by atoms with Gasteiger partial charge in [0.05, 0.1) is 6.54 Å². The topological polar surface area (TPSA) is 60.9 Å². The smallest absolute Gasteiger partial charge is 0.317 e. The second-order valence-corrected chi connectivity index (χ2v) is 5.53. The summed E-state index contributed by atoms with van der Waals surface area (Å²) in [7, 11) is 0. The van der Waals surface area contributed by atoms with Gasteiger partial charge in [-0.15, -0.1) is 0 Å². The fraction of sp³-hybridized carbons (Fsp3) is 0.846. The van der Waals surface area contributed by atoms with Gasteiger partial charge in [0.25, 0.3) is 0 Å². The van der Waals surface area contributed by atoms with Crippen LogP contribution in [0.25, 0.3) is 0 Å². The third-order valence-electron chi connectivity index (χ3n) is 3.86. The molecule has 1 aliphatic carbocycles. The fourth-order valence-electron chi connectivity index (χ4n) is 2.79. The molecule has 18 heavy (non-hydrogen) atoms. The Morgan fingerprint density at radius 3 is 2.61 bits per heavy atom. The molecule has 2 fully saturated rings. The van der Waals surface area contributed by atoms with Gasteiger partial charge in [0.1, 0.15) is 0 Å². The minimum Gasteiger partial charge on any atom is -0.480 e. The predicted molar refractivity (Wildman–Crippen MR) is 67.2 cm³/mol. The van der Waals surface area contributed by atoms with E-state index in [1.54, 1.807) is 6.92 Å². The monoisotopic (exact) mass is 254 g/mol. The van der Waals surface area contributed by atoms with Gasteiger partial charge < -0.3 is 10.0 Å². The van der Waals surface area contributed by atoms with Crippen LogP contribution in [0.2, 0.25) is 0 Å². The van der Waals surface area contributed by atoms with Crippen molar-refractivity contribution in [3.8, 4) is 0 Å².